The number of para-hydroxylation sites is 1. The Morgan fingerprint density at radius 2 is 2.04 bits per heavy atom. The second-order valence-electron chi connectivity index (χ2n) is 5.45. The molecule has 27 heavy (non-hydrogen) atoms. The first-order chi connectivity index (χ1) is 12.9. The lowest BCUT2D eigenvalue weighted by atomic mass is 10.3. The first-order valence-corrected chi connectivity index (χ1v) is 11.1. The van der Waals surface area contributed by atoms with Gasteiger partial charge in [0.25, 0.3) is 10.0 Å². The van der Waals surface area contributed by atoms with Crippen molar-refractivity contribution in [1.29, 1.82) is 0 Å². The predicted molar refractivity (Wildman–Crippen MR) is 108 cm³/mol. The van der Waals surface area contributed by atoms with Crippen molar-refractivity contribution >= 4 is 43.4 Å². The van der Waals surface area contributed by atoms with Gasteiger partial charge in [0, 0.05) is 16.4 Å². The zero-order valence-electron chi connectivity index (χ0n) is 14.6. The van der Waals surface area contributed by atoms with Gasteiger partial charge in [-0.2, -0.15) is 0 Å². The molecule has 0 radical (unpaired) electrons. The fourth-order valence-corrected chi connectivity index (χ4v) is 4.95. The summed E-state index contributed by atoms with van der Waals surface area (Å²) in [4.78, 5) is 0.780. The molecule has 7 nitrogen and oxygen atoms in total. The summed E-state index contributed by atoms with van der Waals surface area (Å²) in [6.07, 6.45) is 1.59. The smallest absolute Gasteiger partial charge is 0.265 e. The molecule has 2 aromatic carbocycles. The first kappa shape index (κ1) is 19.7. The van der Waals surface area contributed by atoms with Crippen LogP contribution in [-0.4, -0.2) is 29.8 Å². The molecule has 0 bridgehead atoms. The number of benzene rings is 2. The van der Waals surface area contributed by atoms with Crippen molar-refractivity contribution in [3.8, 4) is 5.75 Å². The Kier molecular flexibility index (Phi) is 6.08. The summed E-state index contributed by atoms with van der Waals surface area (Å²) in [7, 11) is -2.04. The fraction of sp³-hybridized carbons (Fsp3) is 0.176. The van der Waals surface area contributed by atoms with Gasteiger partial charge in [-0.3, -0.25) is 4.72 Å². The number of nitrogens with one attached hydrogen (secondary N) is 1. The molecule has 1 N–H and O–H groups in total. The van der Waals surface area contributed by atoms with E-state index in [0.717, 1.165) is 0 Å². The number of hydrogen-bond donors (Lipinski definition) is 1. The Hall–Kier alpha value is -2.04. The molecule has 0 aliphatic carbocycles. The Morgan fingerprint density at radius 3 is 2.74 bits per heavy atom. The van der Waals surface area contributed by atoms with Gasteiger partial charge in [0.15, 0.2) is 5.16 Å². The van der Waals surface area contributed by atoms with Gasteiger partial charge in [-0.25, -0.2) is 8.42 Å². The number of halogens is 1. The molecule has 0 unspecified atom stereocenters. The average molecular weight is 469 g/mol. The maximum absolute atomic E-state index is 13.0. The lowest BCUT2D eigenvalue weighted by Gasteiger charge is -2.15. The molecule has 1 heterocycles. The van der Waals surface area contributed by atoms with E-state index >= 15 is 0 Å². The van der Waals surface area contributed by atoms with Crippen molar-refractivity contribution in [1.82, 2.24) is 14.8 Å². The average Bonchev–Trinajstić information content (AvgIpc) is 3.03. The third-order valence-corrected chi connectivity index (χ3v) is 6.51. The normalized spacial score (nSPS) is 11.4. The van der Waals surface area contributed by atoms with Crippen molar-refractivity contribution < 1.29 is 13.2 Å². The number of anilines is 1. The van der Waals surface area contributed by atoms with E-state index in [2.05, 4.69) is 30.8 Å². The first-order valence-electron chi connectivity index (χ1n) is 7.96. The number of nitrogens with zero attached hydrogens (tertiary/aromatic N) is 3. The maximum atomic E-state index is 13.0. The molecule has 0 amide bonds. The third kappa shape index (κ3) is 4.63. The topological polar surface area (TPSA) is 86.1 Å². The summed E-state index contributed by atoms with van der Waals surface area (Å²) in [6, 6.07) is 12.0. The molecular weight excluding hydrogens is 452 g/mol. The predicted octanol–water partition coefficient (Wildman–Crippen LogP) is 3.93. The van der Waals surface area contributed by atoms with Crippen LogP contribution in [0.3, 0.4) is 0 Å². The van der Waals surface area contributed by atoms with Gasteiger partial charge in [-0.1, -0.05) is 28.1 Å². The quantitative estimate of drug-likeness (QED) is 0.565. The van der Waals surface area contributed by atoms with Crippen LogP contribution in [0.1, 0.15) is 6.92 Å². The minimum atomic E-state index is -3.86. The van der Waals surface area contributed by atoms with Gasteiger partial charge in [-0.05, 0) is 49.0 Å². The van der Waals surface area contributed by atoms with Crippen molar-refractivity contribution in [2.24, 2.45) is 7.05 Å². The van der Waals surface area contributed by atoms with Crippen LogP contribution in [-0.2, 0) is 17.1 Å². The van der Waals surface area contributed by atoms with Crippen LogP contribution in [0.5, 0.6) is 5.75 Å². The Bertz CT molecular complexity index is 1050. The highest BCUT2D eigenvalue weighted by atomic mass is 79.9. The van der Waals surface area contributed by atoms with E-state index in [9.17, 15) is 8.42 Å². The number of aromatic nitrogens is 3. The summed E-state index contributed by atoms with van der Waals surface area (Å²) < 4.78 is 36.6. The zero-order chi connectivity index (χ0) is 19.4. The summed E-state index contributed by atoms with van der Waals surface area (Å²) >= 11 is 4.64. The fourth-order valence-electron chi connectivity index (χ4n) is 2.27. The van der Waals surface area contributed by atoms with E-state index in [-0.39, 0.29) is 4.90 Å². The molecule has 1 aromatic heterocycles. The van der Waals surface area contributed by atoms with Crippen molar-refractivity contribution in [2.45, 2.75) is 21.9 Å². The summed E-state index contributed by atoms with van der Waals surface area (Å²) in [6.45, 7) is 2.17. The summed E-state index contributed by atoms with van der Waals surface area (Å²) in [5, 5.41) is 8.52. The van der Waals surface area contributed by atoms with Crippen LogP contribution in [0.4, 0.5) is 5.69 Å². The minimum Gasteiger partial charge on any atom is -0.492 e. The van der Waals surface area contributed by atoms with E-state index in [4.69, 9.17) is 4.74 Å². The molecule has 0 aliphatic rings. The minimum absolute atomic E-state index is 0.0668. The van der Waals surface area contributed by atoms with E-state index in [1.165, 1.54) is 17.8 Å². The highest BCUT2D eigenvalue weighted by Crippen LogP contribution is 2.35. The number of sulfonamides is 1. The second kappa shape index (κ2) is 8.32. The van der Waals surface area contributed by atoms with Crippen LogP contribution in [0, 0.1) is 0 Å². The molecule has 0 saturated heterocycles. The summed E-state index contributed by atoms with van der Waals surface area (Å²) in [5.41, 5.74) is 0.452. The molecule has 10 heteroatoms. The number of hydrogen-bond acceptors (Lipinski definition) is 6. The van der Waals surface area contributed by atoms with E-state index < -0.39 is 10.0 Å². The van der Waals surface area contributed by atoms with Gasteiger partial charge in [0.05, 0.1) is 12.3 Å². The van der Waals surface area contributed by atoms with E-state index in [1.54, 1.807) is 42.1 Å². The number of rotatable bonds is 7. The van der Waals surface area contributed by atoms with Crippen molar-refractivity contribution in [3.63, 3.8) is 0 Å². The SMILES string of the molecule is CCOc1ccc(Br)cc1S(=O)(=O)Nc1ccccc1Sc1nncn1C. The Balaban J connectivity index is 1.96. The molecule has 3 rings (SSSR count). The largest absolute Gasteiger partial charge is 0.492 e. The van der Waals surface area contributed by atoms with E-state index in [0.29, 0.717) is 32.6 Å². The van der Waals surface area contributed by atoms with Crippen LogP contribution < -0.4 is 9.46 Å². The Morgan fingerprint density at radius 1 is 1.26 bits per heavy atom. The van der Waals surface area contributed by atoms with Gasteiger partial charge in [0.1, 0.15) is 17.0 Å². The Labute approximate surface area is 170 Å². The van der Waals surface area contributed by atoms with Gasteiger partial charge < -0.3 is 9.30 Å². The standard InChI is InChI=1S/C17H17BrN4O3S2/c1-3-25-14-9-8-12(18)10-16(14)27(23,24)21-13-6-4-5-7-15(13)26-17-20-19-11-22(17)2/h4-11,21H,3H2,1-2H3. The molecule has 0 aliphatic heterocycles. The lowest BCUT2D eigenvalue weighted by molar-refractivity contribution is 0.331. The highest BCUT2D eigenvalue weighted by Gasteiger charge is 2.22. The molecule has 0 spiro atoms. The van der Waals surface area contributed by atoms with Gasteiger partial charge >= 0.3 is 0 Å². The van der Waals surface area contributed by atoms with Crippen LogP contribution in [0.15, 0.2) is 68.2 Å². The summed E-state index contributed by atoms with van der Waals surface area (Å²) in [5.74, 6) is 0.298. The monoisotopic (exact) mass is 468 g/mol. The third-order valence-electron chi connectivity index (χ3n) is 3.50. The molecule has 0 saturated carbocycles. The van der Waals surface area contributed by atoms with Crippen LogP contribution in [0.25, 0.3) is 0 Å². The molecular formula is C17H17BrN4O3S2. The number of ether oxygens (including phenoxy) is 1. The van der Waals surface area contributed by atoms with Crippen molar-refractivity contribution in [3.05, 3.63) is 53.3 Å². The zero-order valence-corrected chi connectivity index (χ0v) is 17.8. The van der Waals surface area contributed by atoms with Crippen LogP contribution in [0.2, 0.25) is 0 Å². The highest BCUT2D eigenvalue weighted by molar-refractivity contribution is 9.10. The van der Waals surface area contributed by atoms with Crippen LogP contribution >= 0.6 is 27.7 Å². The maximum Gasteiger partial charge on any atom is 0.265 e. The van der Waals surface area contributed by atoms with Gasteiger partial charge in [0.2, 0.25) is 0 Å². The molecule has 142 valence electrons. The second-order valence-corrected chi connectivity index (χ2v) is 9.03. The lowest BCUT2D eigenvalue weighted by Crippen LogP contribution is -2.15. The van der Waals surface area contributed by atoms with Crippen molar-refractivity contribution in [2.75, 3.05) is 11.3 Å². The van der Waals surface area contributed by atoms with Gasteiger partial charge in [-0.15, -0.1) is 10.2 Å². The molecule has 0 atom stereocenters. The molecule has 3 aromatic rings. The molecule has 0 fully saturated rings. The van der Waals surface area contributed by atoms with E-state index in [1.807, 2.05) is 19.2 Å². The number of aryl methyl sites for hydroxylation is 1.